The Hall–Kier alpha value is -9.27. The van der Waals surface area contributed by atoms with Crippen molar-refractivity contribution in [1.82, 2.24) is 4.57 Å². The highest BCUT2D eigenvalue weighted by molar-refractivity contribution is 6.52. The third kappa shape index (κ3) is 7.66. The van der Waals surface area contributed by atoms with Crippen molar-refractivity contribution in [3.05, 3.63) is 260 Å². The summed E-state index contributed by atoms with van der Waals surface area (Å²) in [5, 5.41) is 21.1. The van der Waals surface area contributed by atoms with Crippen LogP contribution < -0.4 is 10.1 Å². The molecule has 73 heavy (non-hydrogen) atoms. The van der Waals surface area contributed by atoms with Crippen LogP contribution in [0.2, 0.25) is 6.55 Å². The van der Waals surface area contributed by atoms with E-state index in [0.29, 0.717) is 5.56 Å². The van der Waals surface area contributed by atoms with E-state index in [2.05, 4.69) is 266 Å². The molecule has 13 rings (SSSR count). The quantitative estimate of drug-likeness (QED) is 0.107. The summed E-state index contributed by atoms with van der Waals surface area (Å²) >= 11 is 0. The fourth-order valence-electron chi connectivity index (χ4n) is 11.2. The van der Waals surface area contributed by atoms with Crippen LogP contribution in [0.5, 0.6) is 0 Å². The second-order valence-electron chi connectivity index (χ2n) is 19.2. The van der Waals surface area contributed by atoms with Crippen LogP contribution in [-0.2, 0) is 0 Å². The van der Waals surface area contributed by atoms with Gasteiger partial charge in [0.15, 0.2) is 0 Å². The van der Waals surface area contributed by atoms with Crippen molar-refractivity contribution < 1.29 is 0 Å². The first kappa shape index (κ1) is 43.7. The van der Waals surface area contributed by atoms with Gasteiger partial charge in [0.05, 0.1) is 37.9 Å². The summed E-state index contributed by atoms with van der Waals surface area (Å²) < 4.78 is 2.43. The number of hydrogen-bond acceptors (Lipinski definition) is 2. The molecule has 4 heteroatoms. The molecule has 0 unspecified atom stereocenters. The van der Waals surface area contributed by atoms with Crippen molar-refractivity contribution in [2.24, 2.45) is 0 Å². The van der Waals surface area contributed by atoms with Gasteiger partial charge in [0.1, 0.15) is 0 Å². The average molecular weight is 948 g/mol. The standard InChI is InChI=1S/C69H49N3Si/c1-45-23-35-61-64(39-45)68(51-28-26-50(27-29-51)59-22-11-18-49-17-9-10-21-58(49)59)60-36-34-57(73-2)43-65(60)69(61)71(54-32-24-46(44-70)25-33-54)55-19-12-20-56(42-55)72-66-37-30-52(47-13-5-3-6-14-47)40-62(66)63-41-53(31-38-67(63)72)48-15-7-4-8-16-48/h3-43H,73H2,1-2H3. The number of nitrogens with zero attached hydrogens (tertiary/aromatic N) is 3. The van der Waals surface area contributed by atoms with Gasteiger partial charge in [0.2, 0.25) is 0 Å². The minimum absolute atomic E-state index is 0.531. The van der Waals surface area contributed by atoms with Crippen LogP contribution in [0.15, 0.2) is 249 Å². The number of rotatable bonds is 9. The monoisotopic (exact) mass is 947 g/mol. The Morgan fingerprint density at radius 1 is 0.411 bits per heavy atom. The first-order chi connectivity index (χ1) is 36.0. The maximum Gasteiger partial charge on any atom is 0.0991 e. The van der Waals surface area contributed by atoms with Gasteiger partial charge in [-0.05, 0) is 140 Å². The average Bonchev–Trinajstić information content (AvgIpc) is 3.79. The second-order valence-corrected chi connectivity index (χ2v) is 20.7. The van der Waals surface area contributed by atoms with E-state index in [-0.39, 0.29) is 0 Å². The Morgan fingerprint density at radius 3 is 1.71 bits per heavy atom. The van der Waals surface area contributed by atoms with Crippen molar-refractivity contribution in [1.29, 1.82) is 5.26 Å². The van der Waals surface area contributed by atoms with E-state index < -0.39 is 9.52 Å². The minimum Gasteiger partial charge on any atom is -0.309 e. The van der Waals surface area contributed by atoms with E-state index in [4.69, 9.17) is 0 Å². The minimum atomic E-state index is -0.531. The molecule has 0 bridgehead atoms. The largest absolute Gasteiger partial charge is 0.309 e. The predicted octanol–water partition coefficient (Wildman–Crippen LogP) is 17.4. The number of nitriles is 1. The van der Waals surface area contributed by atoms with Crippen LogP contribution in [0.1, 0.15) is 11.1 Å². The number of aromatic nitrogens is 1. The van der Waals surface area contributed by atoms with Crippen LogP contribution in [-0.4, -0.2) is 14.1 Å². The van der Waals surface area contributed by atoms with Crippen LogP contribution in [0.4, 0.5) is 17.1 Å². The predicted molar refractivity (Wildman–Crippen MR) is 313 cm³/mol. The van der Waals surface area contributed by atoms with Gasteiger partial charge in [0.25, 0.3) is 0 Å². The van der Waals surface area contributed by atoms with E-state index in [9.17, 15) is 5.26 Å². The molecule has 0 fully saturated rings. The molecular weight excluding hydrogens is 899 g/mol. The maximum absolute atomic E-state index is 10.1. The molecule has 0 N–H and O–H groups in total. The molecule has 0 radical (unpaired) electrons. The van der Waals surface area contributed by atoms with Gasteiger partial charge < -0.3 is 9.47 Å². The molecular formula is C69H49N3Si. The van der Waals surface area contributed by atoms with Gasteiger partial charge in [-0.3, -0.25) is 0 Å². The zero-order chi connectivity index (χ0) is 49.0. The summed E-state index contributed by atoms with van der Waals surface area (Å²) in [5.41, 5.74) is 17.9. The lowest BCUT2D eigenvalue weighted by molar-refractivity contribution is 1.17. The fourth-order valence-corrected chi connectivity index (χ4v) is 12.0. The summed E-state index contributed by atoms with van der Waals surface area (Å²) in [5.74, 6) is 0. The molecule has 12 aromatic carbocycles. The summed E-state index contributed by atoms with van der Waals surface area (Å²) in [6.07, 6.45) is 0. The molecule has 0 atom stereocenters. The fraction of sp³-hybridized carbons (Fsp3) is 0.0290. The molecule has 1 heterocycles. The van der Waals surface area contributed by atoms with E-state index in [1.807, 2.05) is 12.1 Å². The van der Waals surface area contributed by atoms with Crippen LogP contribution >= 0.6 is 0 Å². The molecule has 0 saturated carbocycles. The van der Waals surface area contributed by atoms with Crippen molar-refractivity contribution in [2.45, 2.75) is 13.5 Å². The Morgan fingerprint density at radius 2 is 1.03 bits per heavy atom. The number of anilines is 3. The molecule has 0 amide bonds. The number of benzene rings is 12. The summed E-state index contributed by atoms with van der Waals surface area (Å²) in [6, 6.07) is 93.2. The van der Waals surface area contributed by atoms with E-state index in [1.165, 1.54) is 93.0 Å². The molecule has 0 aliphatic rings. The van der Waals surface area contributed by atoms with Crippen LogP contribution in [0.3, 0.4) is 0 Å². The number of fused-ring (bicyclic) bond motifs is 6. The zero-order valence-electron chi connectivity index (χ0n) is 40.7. The third-order valence-electron chi connectivity index (χ3n) is 14.8. The first-order valence-corrected chi connectivity index (χ1v) is 27.3. The molecule has 13 aromatic rings. The Balaban J connectivity index is 1.04. The molecule has 344 valence electrons. The molecule has 0 aliphatic carbocycles. The lowest BCUT2D eigenvalue weighted by Crippen LogP contribution is -2.14. The molecule has 0 aliphatic heterocycles. The Bertz CT molecular complexity index is 4200. The van der Waals surface area contributed by atoms with Crippen molar-refractivity contribution in [3.8, 4) is 56.3 Å². The van der Waals surface area contributed by atoms with Gasteiger partial charge in [0, 0.05) is 38.6 Å². The van der Waals surface area contributed by atoms with E-state index in [0.717, 1.165) is 39.2 Å². The smallest absolute Gasteiger partial charge is 0.0991 e. The highest BCUT2D eigenvalue weighted by Gasteiger charge is 2.24. The SMILES string of the molecule is C[SiH2]c1ccc2c(-c3ccc(-c4cccc5ccccc45)cc3)c3cc(C)ccc3c(N(c3ccc(C#N)cc3)c3cccc(-n4c5ccc(-c6ccccc6)cc5c5cc(-c6ccccc6)ccc54)c3)c2c1. The Kier molecular flexibility index (Phi) is 10.9. The van der Waals surface area contributed by atoms with E-state index >= 15 is 0 Å². The highest BCUT2D eigenvalue weighted by atomic mass is 28.2. The van der Waals surface area contributed by atoms with Crippen molar-refractivity contribution in [2.75, 3.05) is 4.90 Å². The third-order valence-corrected chi connectivity index (χ3v) is 16.1. The first-order valence-electron chi connectivity index (χ1n) is 25.2. The topological polar surface area (TPSA) is 32.0 Å². The van der Waals surface area contributed by atoms with Gasteiger partial charge in [-0.2, -0.15) is 5.26 Å². The van der Waals surface area contributed by atoms with E-state index in [1.54, 1.807) is 0 Å². The Labute approximate surface area is 427 Å². The van der Waals surface area contributed by atoms with Crippen molar-refractivity contribution in [3.63, 3.8) is 0 Å². The summed E-state index contributed by atoms with van der Waals surface area (Å²) in [7, 11) is -0.531. The van der Waals surface area contributed by atoms with Crippen LogP contribution in [0, 0.1) is 18.3 Å². The molecule has 3 nitrogen and oxygen atoms in total. The van der Waals surface area contributed by atoms with Crippen LogP contribution in [0.25, 0.3) is 104 Å². The molecule has 1 aromatic heterocycles. The van der Waals surface area contributed by atoms with Gasteiger partial charge in [-0.25, -0.2) is 0 Å². The second kappa shape index (κ2) is 18.2. The molecule has 0 saturated heterocycles. The maximum atomic E-state index is 10.1. The number of aryl methyl sites for hydroxylation is 1. The van der Waals surface area contributed by atoms with Gasteiger partial charge >= 0.3 is 0 Å². The lowest BCUT2D eigenvalue weighted by Gasteiger charge is -2.30. The molecule has 0 spiro atoms. The number of hydrogen-bond donors (Lipinski definition) is 0. The van der Waals surface area contributed by atoms with Crippen molar-refractivity contribution >= 4 is 85.9 Å². The highest BCUT2D eigenvalue weighted by Crippen LogP contribution is 2.49. The summed E-state index contributed by atoms with van der Waals surface area (Å²) in [6.45, 7) is 4.57. The lowest BCUT2D eigenvalue weighted by atomic mass is 9.88. The zero-order valence-corrected chi connectivity index (χ0v) is 42.1. The van der Waals surface area contributed by atoms with Gasteiger partial charge in [-0.15, -0.1) is 0 Å². The summed E-state index contributed by atoms with van der Waals surface area (Å²) in [4.78, 5) is 2.44. The van der Waals surface area contributed by atoms with Gasteiger partial charge in [-0.1, -0.05) is 199 Å². The normalized spacial score (nSPS) is 11.6.